The average Bonchev–Trinajstić information content (AvgIpc) is 2.33. The number of hydrogen-bond donors (Lipinski definition) is 0. The molecule has 0 saturated carbocycles. The van der Waals surface area contributed by atoms with Crippen LogP contribution in [0.5, 0.6) is 0 Å². The van der Waals surface area contributed by atoms with Gasteiger partial charge in [0.25, 0.3) is 0 Å². The van der Waals surface area contributed by atoms with E-state index in [0.717, 1.165) is 17.0 Å². The molecule has 6 heteroatoms. The van der Waals surface area contributed by atoms with E-state index in [-0.39, 0.29) is 12.2 Å². The predicted molar refractivity (Wildman–Crippen MR) is 73.9 cm³/mol. The van der Waals surface area contributed by atoms with Gasteiger partial charge in [0, 0.05) is 5.69 Å². The molecule has 3 nitrogen and oxygen atoms in total. The second kappa shape index (κ2) is 6.08. The lowest BCUT2D eigenvalue weighted by molar-refractivity contribution is -0.137. The van der Waals surface area contributed by atoms with Crippen LogP contribution >= 0.6 is 0 Å². The molecule has 0 unspecified atom stereocenters. The van der Waals surface area contributed by atoms with Gasteiger partial charge >= 0.3 is 12.3 Å². The second-order valence-electron chi connectivity index (χ2n) is 5.32. The summed E-state index contributed by atoms with van der Waals surface area (Å²) in [5.41, 5.74) is -1.28. The van der Waals surface area contributed by atoms with Crippen LogP contribution in [0.15, 0.2) is 24.3 Å². The number of anilines is 1. The van der Waals surface area contributed by atoms with Crippen molar-refractivity contribution in [2.24, 2.45) is 0 Å². The van der Waals surface area contributed by atoms with Gasteiger partial charge in [0.2, 0.25) is 0 Å². The molecule has 0 aliphatic rings. The maximum atomic E-state index is 12.5. The van der Waals surface area contributed by atoms with Gasteiger partial charge in [-0.1, -0.05) is 5.92 Å². The molecule has 0 aliphatic carbocycles. The van der Waals surface area contributed by atoms with E-state index in [0.29, 0.717) is 0 Å². The molecule has 0 atom stereocenters. The summed E-state index contributed by atoms with van der Waals surface area (Å²) >= 11 is 0. The number of carbonyl (C=O) groups is 1. The minimum atomic E-state index is -4.43. The Bertz CT molecular complexity index is 536. The smallest absolute Gasteiger partial charge is 0.416 e. The number of terminal acetylenes is 1. The van der Waals surface area contributed by atoms with Crippen LogP contribution in [0.1, 0.15) is 26.3 Å². The second-order valence-corrected chi connectivity index (χ2v) is 5.32. The fraction of sp³-hybridized carbons (Fsp3) is 0.400. The molecule has 0 bridgehead atoms. The lowest BCUT2D eigenvalue weighted by Gasteiger charge is -2.26. The van der Waals surface area contributed by atoms with Crippen molar-refractivity contribution >= 4 is 11.8 Å². The first-order valence-electron chi connectivity index (χ1n) is 6.16. The van der Waals surface area contributed by atoms with Gasteiger partial charge in [-0.3, -0.25) is 4.90 Å². The number of ether oxygens (including phenoxy) is 1. The summed E-state index contributed by atoms with van der Waals surface area (Å²) in [4.78, 5) is 13.1. The Hall–Kier alpha value is -2.16. The Morgan fingerprint density at radius 3 is 2.14 bits per heavy atom. The highest BCUT2D eigenvalue weighted by Gasteiger charge is 2.30. The lowest BCUT2D eigenvalue weighted by Crippen LogP contribution is -2.37. The first kappa shape index (κ1) is 16.9. The maximum Gasteiger partial charge on any atom is 0.416 e. The van der Waals surface area contributed by atoms with Gasteiger partial charge < -0.3 is 4.74 Å². The molecule has 0 aromatic heterocycles. The Balaban J connectivity index is 3.02. The highest BCUT2D eigenvalue weighted by molar-refractivity contribution is 5.88. The van der Waals surface area contributed by atoms with Crippen molar-refractivity contribution in [1.82, 2.24) is 0 Å². The molecule has 0 aliphatic heterocycles. The third-order valence-corrected chi connectivity index (χ3v) is 2.37. The van der Waals surface area contributed by atoms with Crippen LogP contribution in [0.25, 0.3) is 0 Å². The SMILES string of the molecule is C#CCN(C(=O)OC(C)(C)C)c1ccc(C(F)(F)F)cc1. The normalized spacial score (nSPS) is 11.7. The minimum absolute atomic E-state index is 0.0969. The zero-order valence-electron chi connectivity index (χ0n) is 12.0. The topological polar surface area (TPSA) is 29.5 Å². The highest BCUT2D eigenvalue weighted by Crippen LogP contribution is 2.30. The van der Waals surface area contributed by atoms with Gasteiger partial charge in [-0.15, -0.1) is 6.42 Å². The molecule has 1 rings (SSSR count). The molecule has 0 fully saturated rings. The summed E-state index contributed by atoms with van der Waals surface area (Å²) in [7, 11) is 0. The van der Waals surface area contributed by atoms with Gasteiger partial charge in [-0.05, 0) is 45.0 Å². The summed E-state index contributed by atoms with van der Waals surface area (Å²) in [5, 5.41) is 0. The molecule has 21 heavy (non-hydrogen) atoms. The highest BCUT2D eigenvalue weighted by atomic mass is 19.4. The molecule has 0 radical (unpaired) electrons. The molecule has 0 spiro atoms. The van der Waals surface area contributed by atoms with Gasteiger partial charge in [0.15, 0.2) is 0 Å². The Kier molecular flexibility index (Phi) is 4.89. The van der Waals surface area contributed by atoms with Crippen LogP contribution in [0.3, 0.4) is 0 Å². The fourth-order valence-corrected chi connectivity index (χ4v) is 1.50. The molecule has 0 saturated heterocycles. The molecule has 1 amide bonds. The van der Waals surface area contributed by atoms with E-state index >= 15 is 0 Å². The molecule has 1 aromatic carbocycles. The van der Waals surface area contributed by atoms with E-state index in [4.69, 9.17) is 11.2 Å². The zero-order valence-corrected chi connectivity index (χ0v) is 12.0. The Morgan fingerprint density at radius 1 is 1.24 bits per heavy atom. The molecule has 0 N–H and O–H groups in total. The number of hydrogen-bond acceptors (Lipinski definition) is 2. The molecule has 1 aromatic rings. The maximum absolute atomic E-state index is 12.5. The van der Waals surface area contributed by atoms with Crippen LogP contribution < -0.4 is 4.90 Å². The first-order valence-corrected chi connectivity index (χ1v) is 6.16. The summed E-state index contributed by atoms with van der Waals surface area (Å²) < 4.78 is 42.7. The third kappa shape index (κ3) is 5.03. The monoisotopic (exact) mass is 299 g/mol. The van der Waals surface area contributed by atoms with Gasteiger partial charge in [-0.25, -0.2) is 4.79 Å². The summed E-state index contributed by atoms with van der Waals surface area (Å²) in [6.45, 7) is 4.96. The Labute approximate surface area is 121 Å². The van der Waals surface area contributed by atoms with Crippen LogP contribution in [0, 0.1) is 12.3 Å². The largest absolute Gasteiger partial charge is 0.443 e. The quantitative estimate of drug-likeness (QED) is 0.770. The molecular formula is C15H16F3NO2. The van der Waals surface area contributed by atoms with Crippen LogP contribution in [0.2, 0.25) is 0 Å². The van der Waals surface area contributed by atoms with E-state index < -0.39 is 23.4 Å². The molecule has 0 heterocycles. The lowest BCUT2D eigenvalue weighted by atomic mass is 10.2. The van der Waals surface area contributed by atoms with Gasteiger partial charge in [0.1, 0.15) is 5.60 Å². The van der Waals surface area contributed by atoms with Crippen LogP contribution in [0.4, 0.5) is 23.7 Å². The molecular weight excluding hydrogens is 283 g/mol. The summed E-state index contributed by atoms with van der Waals surface area (Å²) in [6, 6.07) is 4.15. The van der Waals surface area contributed by atoms with E-state index in [2.05, 4.69) is 5.92 Å². The number of alkyl halides is 3. The van der Waals surface area contributed by atoms with Gasteiger partial charge in [-0.2, -0.15) is 13.2 Å². The number of carbonyl (C=O) groups excluding carboxylic acids is 1. The van der Waals surface area contributed by atoms with Crippen molar-refractivity contribution in [2.45, 2.75) is 32.5 Å². The minimum Gasteiger partial charge on any atom is -0.443 e. The van der Waals surface area contributed by atoms with Crippen molar-refractivity contribution in [3.05, 3.63) is 29.8 Å². The third-order valence-electron chi connectivity index (χ3n) is 2.37. The van der Waals surface area contributed by atoms with E-state index in [1.807, 2.05) is 0 Å². The van der Waals surface area contributed by atoms with Crippen LogP contribution in [-0.2, 0) is 10.9 Å². The Morgan fingerprint density at radius 2 is 1.76 bits per heavy atom. The zero-order chi connectivity index (χ0) is 16.3. The number of benzene rings is 1. The van der Waals surface area contributed by atoms with Crippen molar-refractivity contribution in [1.29, 1.82) is 0 Å². The van der Waals surface area contributed by atoms with E-state index in [1.54, 1.807) is 20.8 Å². The van der Waals surface area contributed by atoms with Crippen LogP contribution in [-0.4, -0.2) is 18.2 Å². The van der Waals surface area contributed by atoms with E-state index in [1.165, 1.54) is 12.1 Å². The number of rotatable bonds is 2. The van der Waals surface area contributed by atoms with Crippen molar-refractivity contribution in [3.8, 4) is 12.3 Å². The number of amides is 1. The average molecular weight is 299 g/mol. The summed E-state index contributed by atoms with van der Waals surface area (Å²) in [5.74, 6) is 2.28. The van der Waals surface area contributed by atoms with Crippen molar-refractivity contribution in [3.63, 3.8) is 0 Å². The standard InChI is InChI=1S/C15H16F3NO2/c1-5-10-19(13(20)21-14(2,3)4)12-8-6-11(7-9-12)15(16,17)18/h1,6-9H,10H2,2-4H3. The van der Waals surface area contributed by atoms with Gasteiger partial charge in [0.05, 0.1) is 12.1 Å². The van der Waals surface area contributed by atoms with E-state index in [9.17, 15) is 18.0 Å². The first-order chi connectivity index (χ1) is 9.54. The van der Waals surface area contributed by atoms with Crippen molar-refractivity contribution in [2.75, 3.05) is 11.4 Å². The predicted octanol–water partition coefficient (Wildman–Crippen LogP) is 4.08. The van der Waals surface area contributed by atoms with Crippen molar-refractivity contribution < 1.29 is 22.7 Å². The number of nitrogens with zero attached hydrogens (tertiary/aromatic N) is 1. The fourth-order valence-electron chi connectivity index (χ4n) is 1.50. The molecule has 114 valence electrons. The summed E-state index contributed by atoms with van der Waals surface area (Å²) in [6.07, 6.45) is 0.0507. The number of halogens is 3.